The molecule has 0 amide bonds. The van der Waals surface area contributed by atoms with Gasteiger partial charge in [0.25, 0.3) is 0 Å². The number of aromatic nitrogens is 2. The van der Waals surface area contributed by atoms with Crippen molar-refractivity contribution in [3.63, 3.8) is 0 Å². The van der Waals surface area contributed by atoms with Crippen LogP contribution in [0.25, 0.3) is 0 Å². The van der Waals surface area contributed by atoms with Crippen molar-refractivity contribution in [1.29, 1.82) is 0 Å². The molecule has 1 aliphatic carbocycles. The first-order chi connectivity index (χ1) is 7.97. The van der Waals surface area contributed by atoms with E-state index in [0.29, 0.717) is 17.8 Å². The van der Waals surface area contributed by atoms with Crippen LogP contribution in [-0.2, 0) is 6.18 Å². The molecular formula is C11H14F3N3. The summed E-state index contributed by atoms with van der Waals surface area (Å²) in [5, 5.41) is 9.87. The summed E-state index contributed by atoms with van der Waals surface area (Å²) >= 11 is 0. The van der Waals surface area contributed by atoms with Crippen LogP contribution >= 0.6 is 0 Å². The highest BCUT2D eigenvalue weighted by Gasteiger charge is 2.33. The van der Waals surface area contributed by atoms with Gasteiger partial charge < -0.3 is 5.32 Å². The minimum Gasteiger partial charge on any atom is -0.366 e. The molecule has 1 saturated carbocycles. The number of anilines is 1. The quantitative estimate of drug-likeness (QED) is 0.870. The van der Waals surface area contributed by atoms with E-state index in [1.165, 1.54) is 6.07 Å². The van der Waals surface area contributed by atoms with Crippen LogP contribution < -0.4 is 5.32 Å². The lowest BCUT2D eigenvalue weighted by atomic mass is 10.1. The van der Waals surface area contributed by atoms with Crippen molar-refractivity contribution in [3.8, 4) is 0 Å². The van der Waals surface area contributed by atoms with Gasteiger partial charge in [0.05, 0.1) is 0 Å². The summed E-state index contributed by atoms with van der Waals surface area (Å²) in [6, 6.07) is 2.58. The van der Waals surface area contributed by atoms with Gasteiger partial charge in [0.15, 0.2) is 5.69 Å². The lowest BCUT2D eigenvalue weighted by Crippen LogP contribution is -2.23. The molecule has 0 aromatic carbocycles. The Bertz CT molecular complexity index is 375. The Kier molecular flexibility index (Phi) is 3.22. The molecular weight excluding hydrogens is 231 g/mol. The number of hydrogen-bond acceptors (Lipinski definition) is 3. The second kappa shape index (κ2) is 4.50. The van der Waals surface area contributed by atoms with Crippen LogP contribution in [0, 0.1) is 5.92 Å². The molecule has 0 radical (unpaired) electrons. The van der Waals surface area contributed by atoms with Crippen molar-refractivity contribution in [2.45, 2.75) is 38.4 Å². The van der Waals surface area contributed by atoms with Gasteiger partial charge in [0.1, 0.15) is 5.82 Å². The van der Waals surface area contributed by atoms with Crippen molar-refractivity contribution in [2.75, 3.05) is 5.32 Å². The smallest absolute Gasteiger partial charge is 0.366 e. The molecule has 1 fully saturated rings. The van der Waals surface area contributed by atoms with Crippen molar-refractivity contribution < 1.29 is 13.2 Å². The Morgan fingerprint density at radius 1 is 1.24 bits per heavy atom. The number of alkyl halides is 3. The number of hydrogen-bond donors (Lipinski definition) is 1. The van der Waals surface area contributed by atoms with Crippen LogP contribution in [0.2, 0.25) is 0 Å². The Hall–Kier alpha value is -1.33. The Morgan fingerprint density at radius 3 is 2.47 bits per heavy atom. The van der Waals surface area contributed by atoms with E-state index >= 15 is 0 Å². The first-order valence-electron chi connectivity index (χ1n) is 5.64. The molecule has 1 heterocycles. The second-order valence-corrected chi connectivity index (χ2v) is 4.46. The fraction of sp³-hybridized carbons (Fsp3) is 0.636. The van der Waals surface area contributed by atoms with Gasteiger partial charge in [0.2, 0.25) is 0 Å². The lowest BCUT2D eigenvalue weighted by Gasteiger charge is -2.17. The summed E-state index contributed by atoms with van der Waals surface area (Å²) in [5.74, 6) is 0.941. The van der Waals surface area contributed by atoms with Gasteiger partial charge in [-0.15, -0.1) is 10.2 Å². The summed E-state index contributed by atoms with van der Waals surface area (Å²) in [7, 11) is 0. The van der Waals surface area contributed by atoms with E-state index in [1.807, 2.05) is 0 Å². The maximum atomic E-state index is 12.3. The second-order valence-electron chi connectivity index (χ2n) is 4.46. The third kappa shape index (κ3) is 2.87. The molecule has 3 nitrogen and oxygen atoms in total. The van der Waals surface area contributed by atoms with Crippen molar-refractivity contribution in [3.05, 3.63) is 17.8 Å². The van der Waals surface area contributed by atoms with Gasteiger partial charge >= 0.3 is 6.18 Å². The van der Waals surface area contributed by atoms with Gasteiger partial charge in [-0.25, -0.2) is 0 Å². The number of halogens is 3. The van der Waals surface area contributed by atoms with E-state index < -0.39 is 11.9 Å². The SMILES string of the molecule is CC1CCCC1Nc1ccc(C(F)(F)F)nn1. The monoisotopic (exact) mass is 245 g/mol. The van der Waals surface area contributed by atoms with Gasteiger partial charge in [0, 0.05) is 6.04 Å². The largest absolute Gasteiger partial charge is 0.435 e. The third-order valence-electron chi connectivity index (χ3n) is 3.15. The zero-order chi connectivity index (χ0) is 12.5. The molecule has 94 valence electrons. The van der Waals surface area contributed by atoms with Gasteiger partial charge in [-0.2, -0.15) is 13.2 Å². The van der Waals surface area contributed by atoms with Crippen molar-refractivity contribution in [2.24, 2.45) is 5.92 Å². The third-order valence-corrected chi connectivity index (χ3v) is 3.15. The van der Waals surface area contributed by atoms with Gasteiger partial charge in [-0.3, -0.25) is 0 Å². The minimum atomic E-state index is -4.42. The van der Waals surface area contributed by atoms with Gasteiger partial charge in [-0.1, -0.05) is 13.3 Å². The first kappa shape index (κ1) is 12.1. The predicted octanol–water partition coefficient (Wildman–Crippen LogP) is 3.10. The molecule has 1 N–H and O–H groups in total. The molecule has 6 heteroatoms. The number of nitrogens with zero attached hydrogens (tertiary/aromatic N) is 2. The van der Waals surface area contributed by atoms with E-state index in [4.69, 9.17) is 0 Å². The highest BCUT2D eigenvalue weighted by atomic mass is 19.4. The molecule has 1 aliphatic rings. The molecule has 17 heavy (non-hydrogen) atoms. The van der Waals surface area contributed by atoms with Crippen molar-refractivity contribution >= 4 is 5.82 Å². The molecule has 2 rings (SSSR count). The van der Waals surface area contributed by atoms with Gasteiger partial charge in [-0.05, 0) is 30.9 Å². The van der Waals surface area contributed by atoms with Crippen LogP contribution in [-0.4, -0.2) is 16.2 Å². The average Bonchev–Trinajstić information content (AvgIpc) is 2.64. The molecule has 1 aromatic heterocycles. The summed E-state index contributed by atoms with van der Waals surface area (Å²) in [4.78, 5) is 0. The van der Waals surface area contributed by atoms with Crippen LogP contribution in [0.5, 0.6) is 0 Å². The van der Waals surface area contributed by atoms with E-state index in [0.717, 1.165) is 25.3 Å². The van der Waals surface area contributed by atoms with Crippen LogP contribution in [0.4, 0.5) is 19.0 Å². The summed E-state index contributed by atoms with van der Waals surface area (Å²) < 4.78 is 36.8. The lowest BCUT2D eigenvalue weighted by molar-refractivity contribution is -0.141. The maximum Gasteiger partial charge on any atom is 0.435 e. The fourth-order valence-electron chi connectivity index (χ4n) is 2.11. The Balaban J connectivity index is 2.03. The Morgan fingerprint density at radius 2 is 2.00 bits per heavy atom. The Labute approximate surface area is 97.4 Å². The number of rotatable bonds is 2. The molecule has 2 unspecified atom stereocenters. The van der Waals surface area contributed by atoms with E-state index in [9.17, 15) is 13.2 Å². The predicted molar refractivity (Wildman–Crippen MR) is 57.5 cm³/mol. The molecule has 0 bridgehead atoms. The zero-order valence-electron chi connectivity index (χ0n) is 9.46. The summed E-state index contributed by atoms with van der Waals surface area (Å²) in [6.07, 6.45) is -1.10. The average molecular weight is 245 g/mol. The summed E-state index contributed by atoms with van der Waals surface area (Å²) in [6.45, 7) is 2.13. The topological polar surface area (TPSA) is 37.8 Å². The van der Waals surface area contributed by atoms with Crippen LogP contribution in [0.3, 0.4) is 0 Å². The van der Waals surface area contributed by atoms with E-state index in [-0.39, 0.29) is 0 Å². The standard InChI is InChI=1S/C11H14F3N3/c1-7-3-2-4-8(7)15-10-6-5-9(16-17-10)11(12,13)14/h5-8H,2-4H2,1H3,(H,15,17). The van der Waals surface area contributed by atoms with E-state index in [1.54, 1.807) is 0 Å². The minimum absolute atomic E-state index is 0.293. The molecule has 1 aromatic rings. The normalized spacial score (nSPS) is 24.9. The molecule has 0 aliphatic heterocycles. The van der Waals surface area contributed by atoms with Crippen LogP contribution in [0.1, 0.15) is 31.9 Å². The highest BCUT2D eigenvalue weighted by Crippen LogP contribution is 2.29. The van der Waals surface area contributed by atoms with Crippen LogP contribution in [0.15, 0.2) is 12.1 Å². The first-order valence-corrected chi connectivity index (χ1v) is 5.64. The molecule has 0 spiro atoms. The molecule has 2 atom stereocenters. The fourth-order valence-corrected chi connectivity index (χ4v) is 2.11. The highest BCUT2D eigenvalue weighted by molar-refractivity contribution is 5.35. The number of nitrogens with one attached hydrogen (secondary N) is 1. The van der Waals surface area contributed by atoms with E-state index in [2.05, 4.69) is 22.4 Å². The molecule has 0 saturated heterocycles. The maximum absolute atomic E-state index is 12.3. The summed E-state index contributed by atoms with van der Waals surface area (Å²) in [5.41, 5.74) is -0.956. The zero-order valence-corrected chi connectivity index (χ0v) is 9.46. The van der Waals surface area contributed by atoms with Crippen molar-refractivity contribution in [1.82, 2.24) is 10.2 Å².